The molecule has 1 atom stereocenters. The number of thioether (sulfide) groups is 1. The third kappa shape index (κ3) is 7.27. The van der Waals surface area contributed by atoms with Gasteiger partial charge in [0.1, 0.15) is 5.60 Å². The first-order valence-electron chi connectivity index (χ1n) is 6.22. The molecule has 0 aliphatic rings. The Bertz CT molecular complexity index is 455. The highest BCUT2D eigenvalue weighted by Gasteiger charge is 2.43. The normalized spacial score (nSPS) is 13.6. The van der Waals surface area contributed by atoms with Gasteiger partial charge < -0.3 is 9.47 Å². The van der Waals surface area contributed by atoms with Gasteiger partial charge in [-0.2, -0.15) is 13.2 Å². The number of alkyl halides is 3. The SMILES string of the molecule is CC(C)(C)OC(=O)OC(CSc1ccccc1)C(F)(F)F. The summed E-state index contributed by atoms with van der Waals surface area (Å²) in [7, 11) is 0. The molecule has 1 aromatic carbocycles. The highest BCUT2D eigenvalue weighted by molar-refractivity contribution is 7.99. The molecule has 0 saturated heterocycles. The number of hydrogen-bond donors (Lipinski definition) is 0. The minimum Gasteiger partial charge on any atom is -0.429 e. The number of rotatable bonds is 4. The molecule has 0 amide bonds. The van der Waals surface area contributed by atoms with Gasteiger partial charge in [-0.15, -0.1) is 11.8 Å². The molecule has 0 radical (unpaired) electrons. The van der Waals surface area contributed by atoms with Crippen LogP contribution in [0.1, 0.15) is 20.8 Å². The number of carbonyl (C=O) groups excluding carboxylic acids is 1. The molecule has 3 nitrogen and oxygen atoms in total. The second kappa shape index (κ2) is 7.06. The van der Waals surface area contributed by atoms with E-state index >= 15 is 0 Å². The van der Waals surface area contributed by atoms with Crippen molar-refractivity contribution in [3.8, 4) is 0 Å². The standard InChI is InChI=1S/C14H17F3O3S/c1-13(2,3)20-12(18)19-11(14(15,16)17)9-21-10-7-5-4-6-8-10/h4-8,11H,9H2,1-3H3. The fraction of sp³-hybridized carbons (Fsp3) is 0.500. The Kier molecular flexibility index (Phi) is 5.95. The molecule has 1 rings (SSSR count). The summed E-state index contributed by atoms with van der Waals surface area (Å²) in [5.41, 5.74) is -0.903. The summed E-state index contributed by atoms with van der Waals surface area (Å²) in [6.07, 6.45) is -8.17. The number of carbonyl (C=O) groups is 1. The molecule has 0 fully saturated rings. The van der Waals surface area contributed by atoms with Crippen LogP contribution in [0.2, 0.25) is 0 Å². The van der Waals surface area contributed by atoms with Crippen LogP contribution in [0.5, 0.6) is 0 Å². The molecule has 1 aromatic rings. The largest absolute Gasteiger partial charge is 0.509 e. The lowest BCUT2D eigenvalue weighted by Crippen LogP contribution is -2.37. The summed E-state index contributed by atoms with van der Waals surface area (Å²) in [5.74, 6) is -0.424. The Labute approximate surface area is 125 Å². The predicted octanol–water partition coefficient (Wildman–Crippen LogP) is 4.66. The van der Waals surface area contributed by atoms with Crippen LogP contribution >= 0.6 is 11.8 Å². The van der Waals surface area contributed by atoms with Crippen molar-refractivity contribution in [2.24, 2.45) is 0 Å². The summed E-state index contributed by atoms with van der Waals surface area (Å²) in [6, 6.07) is 8.58. The van der Waals surface area contributed by atoms with Crippen molar-refractivity contribution in [2.75, 3.05) is 5.75 Å². The third-order valence-electron chi connectivity index (χ3n) is 2.14. The van der Waals surface area contributed by atoms with Gasteiger partial charge >= 0.3 is 12.3 Å². The van der Waals surface area contributed by atoms with E-state index in [1.807, 2.05) is 0 Å². The first-order chi connectivity index (χ1) is 9.58. The maximum absolute atomic E-state index is 12.9. The first-order valence-corrected chi connectivity index (χ1v) is 7.21. The van der Waals surface area contributed by atoms with E-state index in [0.29, 0.717) is 4.90 Å². The van der Waals surface area contributed by atoms with Crippen LogP contribution < -0.4 is 0 Å². The van der Waals surface area contributed by atoms with Gasteiger partial charge in [-0.3, -0.25) is 0 Å². The molecule has 0 aliphatic heterocycles. The van der Waals surface area contributed by atoms with Gasteiger partial charge in [-0.25, -0.2) is 4.79 Å². The van der Waals surface area contributed by atoms with Gasteiger partial charge in [-0.1, -0.05) is 18.2 Å². The molecule has 0 saturated carbocycles. The third-order valence-corrected chi connectivity index (χ3v) is 3.21. The van der Waals surface area contributed by atoms with E-state index in [9.17, 15) is 18.0 Å². The summed E-state index contributed by atoms with van der Waals surface area (Å²) in [4.78, 5) is 12.0. The first kappa shape index (κ1) is 17.7. The van der Waals surface area contributed by atoms with E-state index in [0.717, 1.165) is 11.8 Å². The summed E-state index contributed by atoms with van der Waals surface area (Å²) < 4.78 is 47.8. The van der Waals surface area contributed by atoms with Crippen molar-refractivity contribution in [3.63, 3.8) is 0 Å². The number of halogens is 3. The number of benzene rings is 1. The zero-order valence-corrected chi connectivity index (χ0v) is 12.8. The van der Waals surface area contributed by atoms with Gasteiger partial charge in [-0.05, 0) is 32.9 Å². The molecule has 0 heterocycles. The van der Waals surface area contributed by atoms with E-state index in [-0.39, 0.29) is 0 Å². The van der Waals surface area contributed by atoms with Crippen LogP contribution in [-0.2, 0) is 9.47 Å². The molecule has 0 spiro atoms. The van der Waals surface area contributed by atoms with Gasteiger partial charge in [0.15, 0.2) is 0 Å². The van der Waals surface area contributed by atoms with E-state index in [4.69, 9.17) is 4.74 Å². The molecule has 0 N–H and O–H groups in total. The summed E-state index contributed by atoms with van der Waals surface area (Å²) in [5, 5.41) is 0. The van der Waals surface area contributed by atoms with Gasteiger partial charge in [0.05, 0.1) is 0 Å². The Hall–Kier alpha value is -1.37. The highest BCUT2D eigenvalue weighted by atomic mass is 32.2. The Morgan fingerprint density at radius 3 is 2.24 bits per heavy atom. The maximum atomic E-state index is 12.9. The Morgan fingerprint density at radius 2 is 1.76 bits per heavy atom. The number of ether oxygens (including phenoxy) is 2. The van der Waals surface area contributed by atoms with Crippen molar-refractivity contribution in [1.82, 2.24) is 0 Å². The summed E-state index contributed by atoms with van der Waals surface area (Å²) >= 11 is 0.963. The topological polar surface area (TPSA) is 35.5 Å². The Morgan fingerprint density at radius 1 is 1.19 bits per heavy atom. The fourth-order valence-electron chi connectivity index (χ4n) is 1.27. The van der Waals surface area contributed by atoms with Crippen LogP contribution in [0, 0.1) is 0 Å². The molecule has 0 aliphatic carbocycles. The monoisotopic (exact) mass is 322 g/mol. The zero-order chi connectivity index (χ0) is 16.1. The maximum Gasteiger partial charge on any atom is 0.509 e. The lowest BCUT2D eigenvalue weighted by molar-refractivity contribution is -0.204. The van der Waals surface area contributed by atoms with E-state index in [2.05, 4.69) is 4.74 Å². The number of hydrogen-bond acceptors (Lipinski definition) is 4. The minimum absolute atomic E-state index is 0.424. The van der Waals surface area contributed by atoms with Gasteiger partial charge in [0.25, 0.3) is 0 Å². The predicted molar refractivity (Wildman–Crippen MR) is 74.3 cm³/mol. The van der Waals surface area contributed by atoms with Crippen LogP contribution in [0.15, 0.2) is 35.2 Å². The minimum atomic E-state index is -4.64. The second-order valence-electron chi connectivity index (χ2n) is 5.24. The van der Waals surface area contributed by atoms with Crippen LogP contribution in [0.3, 0.4) is 0 Å². The van der Waals surface area contributed by atoms with E-state index in [1.54, 1.807) is 51.1 Å². The van der Waals surface area contributed by atoms with Crippen molar-refractivity contribution < 1.29 is 27.4 Å². The van der Waals surface area contributed by atoms with Gasteiger partial charge in [0, 0.05) is 10.6 Å². The zero-order valence-electron chi connectivity index (χ0n) is 11.9. The quantitative estimate of drug-likeness (QED) is 0.596. The average Bonchev–Trinajstić information content (AvgIpc) is 2.32. The molecule has 21 heavy (non-hydrogen) atoms. The van der Waals surface area contributed by atoms with Crippen molar-refractivity contribution in [3.05, 3.63) is 30.3 Å². The summed E-state index contributed by atoms with van der Waals surface area (Å²) in [6.45, 7) is 4.65. The van der Waals surface area contributed by atoms with Crippen molar-refractivity contribution >= 4 is 17.9 Å². The smallest absolute Gasteiger partial charge is 0.429 e. The van der Waals surface area contributed by atoms with E-state index < -0.39 is 29.8 Å². The van der Waals surface area contributed by atoms with Crippen LogP contribution in [0.25, 0.3) is 0 Å². The molecule has 1 unspecified atom stereocenters. The molecule has 0 bridgehead atoms. The fourth-order valence-corrected chi connectivity index (χ4v) is 2.22. The van der Waals surface area contributed by atoms with E-state index in [1.165, 1.54) is 0 Å². The van der Waals surface area contributed by atoms with Crippen LogP contribution in [0.4, 0.5) is 18.0 Å². The van der Waals surface area contributed by atoms with Crippen molar-refractivity contribution in [1.29, 1.82) is 0 Å². The highest BCUT2D eigenvalue weighted by Crippen LogP contribution is 2.29. The van der Waals surface area contributed by atoms with Crippen molar-refractivity contribution in [2.45, 2.75) is 43.5 Å². The molecule has 7 heteroatoms. The van der Waals surface area contributed by atoms with Crippen LogP contribution in [-0.4, -0.2) is 29.8 Å². The molecule has 118 valence electrons. The average molecular weight is 322 g/mol. The molecular weight excluding hydrogens is 305 g/mol. The lowest BCUT2D eigenvalue weighted by Gasteiger charge is -2.23. The molecule has 0 aromatic heterocycles. The van der Waals surface area contributed by atoms with Gasteiger partial charge in [0.2, 0.25) is 6.10 Å². The second-order valence-corrected chi connectivity index (χ2v) is 6.33. The lowest BCUT2D eigenvalue weighted by atomic mass is 10.2. The Balaban J connectivity index is 2.63. The molecular formula is C14H17F3O3S.